The van der Waals surface area contributed by atoms with Gasteiger partial charge in [-0.2, -0.15) is 13.2 Å². The number of anilines is 1. The third-order valence-electron chi connectivity index (χ3n) is 3.48. The van der Waals surface area contributed by atoms with E-state index in [1.54, 1.807) is 19.2 Å². The van der Waals surface area contributed by atoms with E-state index in [-0.39, 0.29) is 17.2 Å². The molecule has 2 aromatic heterocycles. The summed E-state index contributed by atoms with van der Waals surface area (Å²) in [4.78, 5) is 7.99. The van der Waals surface area contributed by atoms with Crippen LogP contribution in [0.2, 0.25) is 0 Å². The number of nitrogens with one attached hydrogen (secondary N) is 2. The van der Waals surface area contributed by atoms with Crippen LogP contribution >= 0.6 is 27.5 Å². The number of aryl methyl sites for hydroxylation is 1. The summed E-state index contributed by atoms with van der Waals surface area (Å²) in [6, 6.07) is 0.944. The van der Waals surface area contributed by atoms with Crippen LogP contribution in [0.3, 0.4) is 0 Å². The second kappa shape index (κ2) is 6.30. The normalized spacial score (nSPS) is 17.0. The summed E-state index contributed by atoms with van der Waals surface area (Å²) in [6.45, 7) is 0. The van der Waals surface area contributed by atoms with Gasteiger partial charge in [0.2, 0.25) is 5.95 Å². The summed E-state index contributed by atoms with van der Waals surface area (Å²) < 4.78 is 40.4. The van der Waals surface area contributed by atoms with Crippen molar-refractivity contribution in [1.29, 1.82) is 5.41 Å². The summed E-state index contributed by atoms with van der Waals surface area (Å²) >= 11 is 9.15. The van der Waals surface area contributed by atoms with E-state index in [4.69, 9.17) is 17.0 Å². The molecule has 0 amide bonds. The lowest BCUT2D eigenvalue weighted by atomic mass is 10.1. The lowest BCUT2D eigenvalue weighted by molar-refractivity contribution is -0.137. The SMILES string of the molecule is Cn1c(N/C(Br)=C2/C=CC(Cl)=CC2=N)nc2cc(C(F)(F)F)cnc21. The Morgan fingerprint density at radius 3 is 2.72 bits per heavy atom. The maximum absolute atomic E-state index is 12.8. The minimum atomic E-state index is -4.48. The van der Waals surface area contributed by atoms with Crippen LogP contribution in [-0.4, -0.2) is 20.2 Å². The van der Waals surface area contributed by atoms with Crippen LogP contribution in [0, 0.1) is 5.41 Å². The topological polar surface area (TPSA) is 66.6 Å². The molecule has 2 aromatic rings. The molecule has 0 bridgehead atoms. The van der Waals surface area contributed by atoms with E-state index in [2.05, 4.69) is 31.2 Å². The number of alkyl halides is 3. The summed E-state index contributed by atoms with van der Waals surface area (Å²) in [7, 11) is 1.63. The highest BCUT2D eigenvalue weighted by atomic mass is 79.9. The van der Waals surface area contributed by atoms with Gasteiger partial charge in [0, 0.05) is 23.8 Å². The van der Waals surface area contributed by atoms with E-state index in [9.17, 15) is 13.2 Å². The number of hydrogen-bond donors (Lipinski definition) is 2. The Bertz CT molecular complexity index is 971. The summed E-state index contributed by atoms with van der Waals surface area (Å²) in [5.74, 6) is 0.281. The van der Waals surface area contributed by atoms with Crippen LogP contribution in [0.25, 0.3) is 11.2 Å². The van der Waals surface area contributed by atoms with Crippen LogP contribution in [0.1, 0.15) is 5.56 Å². The van der Waals surface area contributed by atoms with Gasteiger partial charge in [0.15, 0.2) is 5.65 Å². The number of allylic oxidation sites excluding steroid dienone is 5. The summed E-state index contributed by atoms with van der Waals surface area (Å²) in [5.41, 5.74) is 0.266. The molecule has 25 heavy (non-hydrogen) atoms. The number of halogens is 5. The third kappa shape index (κ3) is 3.47. The molecule has 130 valence electrons. The largest absolute Gasteiger partial charge is 0.417 e. The summed E-state index contributed by atoms with van der Waals surface area (Å²) in [6.07, 6.45) is 1.04. The van der Waals surface area contributed by atoms with Crippen molar-refractivity contribution in [2.45, 2.75) is 6.18 Å². The molecule has 1 aliphatic carbocycles. The molecule has 2 heterocycles. The first-order valence-electron chi connectivity index (χ1n) is 6.87. The number of pyridine rings is 1. The maximum Gasteiger partial charge on any atom is 0.417 e. The van der Waals surface area contributed by atoms with Crippen LogP contribution in [0.15, 0.2) is 45.7 Å². The molecular formula is C15H10BrClF3N5. The zero-order chi connectivity index (χ0) is 18.4. The Kier molecular flexibility index (Phi) is 4.46. The molecule has 0 atom stereocenters. The molecular weight excluding hydrogens is 423 g/mol. The Labute approximate surface area is 153 Å². The quantitative estimate of drug-likeness (QED) is 0.675. The minimum absolute atomic E-state index is 0.113. The fraction of sp³-hybridized carbons (Fsp3) is 0.133. The van der Waals surface area contributed by atoms with E-state index in [1.807, 2.05) is 0 Å². The highest BCUT2D eigenvalue weighted by molar-refractivity contribution is 9.11. The van der Waals surface area contributed by atoms with E-state index in [0.29, 0.717) is 20.9 Å². The fourth-order valence-corrected chi connectivity index (χ4v) is 2.91. The summed E-state index contributed by atoms with van der Waals surface area (Å²) in [5, 5.41) is 11.3. The van der Waals surface area contributed by atoms with Gasteiger partial charge >= 0.3 is 6.18 Å². The molecule has 2 N–H and O–H groups in total. The van der Waals surface area contributed by atoms with Gasteiger partial charge in [-0.25, -0.2) is 9.97 Å². The Hall–Kier alpha value is -2.13. The molecule has 10 heteroatoms. The molecule has 0 aliphatic heterocycles. The standard InChI is InChI=1S/C15H10BrClF3N5/c1-25-13-11(4-7(6-22-13)15(18,19)20)23-14(25)24-12(16)9-3-2-8(17)5-10(9)21/h2-6,21H,1H3,(H,23,24)/b12-9-,21-10?. The van der Waals surface area contributed by atoms with Crippen molar-refractivity contribution in [3.63, 3.8) is 0 Å². The van der Waals surface area contributed by atoms with Crippen molar-refractivity contribution in [2.75, 3.05) is 5.32 Å². The van der Waals surface area contributed by atoms with Crippen molar-refractivity contribution in [3.8, 4) is 0 Å². The molecule has 0 aromatic carbocycles. The number of aromatic nitrogens is 3. The molecule has 0 radical (unpaired) electrons. The van der Waals surface area contributed by atoms with Gasteiger partial charge in [0.05, 0.1) is 15.9 Å². The van der Waals surface area contributed by atoms with Crippen LogP contribution in [0.5, 0.6) is 0 Å². The Morgan fingerprint density at radius 2 is 2.08 bits per heavy atom. The molecule has 0 unspecified atom stereocenters. The molecule has 1 aliphatic rings. The van der Waals surface area contributed by atoms with E-state index < -0.39 is 11.7 Å². The predicted octanol–water partition coefficient (Wildman–Crippen LogP) is 4.72. The van der Waals surface area contributed by atoms with Crippen molar-refractivity contribution in [1.82, 2.24) is 14.5 Å². The van der Waals surface area contributed by atoms with E-state index in [0.717, 1.165) is 12.3 Å². The molecule has 3 rings (SSSR count). The van der Waals surface area contributed by atoms with Crippen LogP contribution < -0.4 is 5.32 Å². The predicted molar refractivity (Wildman–Crippen MR) is 93.9 cm³/mol. The van der Waals surface area contributed by atoms with Gasteiger partial charge < -0.3 is 10.7 Å². The van der Waals surface area contributed by atoms with Crippen molar-refractivity contribution in [3.05, 3.63) is 51.3 Å². The van der Waals surface area contributed by atoms with E-state index >= 15 is 0 Å². The average molecular weight is 433 g/mol. The molecule has 0 saturated carbocycles. The third-order valence-corrected chi connectivity index (χ3v) is 4.34. The monoisotopic (exact) mass is 431 g/mol. The number of fused-ring (bicyclic) bond motifs is 1. The Balaban J connectivity index is 1.98. The fourth-order valence-electron chi connectivity index (χ4n) is 2.22. The molecule has 5 nitrogen and oxygen atoms in total. The number of rotatable bonds is 2. The lowest BCUT2D eigenvalue weighted by Gasteiger charge is -2.11. The van der Waals surface area contributed by atoms with Crippen LogP contribution in [0.4, 0.5) is 19.1 Å². The van der Waals surface area contributed by atoms with Gasteiger partial charge in [-0.3, -0.25) is 4.57 Å². The number of nitrogens with zero attached hydrogens (tertiary/aromatic N) is 3. The molecule has 0 spiro atoms. The zero-order valence-corrected chi connectivity index (χ0v) is 15.0. The minimum Gasteiger partial charge on any atom is -0.319 e. The van der Waals surface area contributed by atoms with Gasteiger partial charge in [0.25, 0.3) is 0 Å². The second-order valence-electron chi connectivity index (χ2n) is 5.19. The second-order valence-corrected chi connectivity index (χ2v) is 6.42. The smallest absolute Gasteiger partial charge is 0.319 e. The first kappa shape index (κ1) is 17.7. The van der Waals surface area contributed by atoms with E-state index in [1.165, 1.54) is 10.6 Å². The average Bonchev–Trinajstić information content (AvgIpc) is 2.82. The maximum atomic E-state index is 12.8. The van der Waals surface area contributed by atoms with Crippen LogP contribution in [-0.2, 0) is 13.2 Å². The first-order chi connectivity index (χ1) is 11.7. The number of imidazole rings is 1. The highest BCUT2D eigenvalue weighted by Crippen LogP contribution is 2.31. The van der Waals surface area contributed by atoms with Gasteiger partial charge in [-0.1, -0.05) is 11.6 Å². The van der Waals surface area contributed by atoms with Crippen molar-refractivity contribution < 1.29 is 13.2 Å². The molecule has 0 saturated heterocycles. The van der Waals surface area contributed by atoms with Gasteiger partial charge in [-0.15, -0.1) is 0 Å². The van der Waals surface area contributed by atoms with Gasteiger partial charge in [-0.05, 0) is 40.2 Å². The first-order valence-corrected chi connectivity index (χ1v) is 8.04. The van der Waals surface area contributed by atoms with Gasteiger partial charge in [0.1, 0.15) is 5.52 Å². The lowest BCUT2D eigenvalue weighted by Crippen LogP contribution is -2.08. The number of hydrogen-bond acceptors (Lipinski definition) is 4. The molecule has 0 fully saturated rings. The van der Waals surface area contributed by atoms with Crippen molar-refractivity contribution in [2.24, 2.45) is 7.05 Å². The Morgan fingerprint density at radius 1 is 1.36 bits per heavy atom. The highest BCUT2D eigenvalue weighted by Gasteiger charge is 2.31. The van der Waals surface area contributed by atoms with Crippen molar-refractivity contribution >= 4 is 50.4 Å². The zero-order valence-electron chi connectivity index (χ0n) is 12.6.